The number of benzene rings is 2. The highest BCUT2D eigenvalue weighted by Gasteiger charge is 2.16. The molecule has 1 N–H and O–H groups in total. The van der Waals surface area contributed by atoms with Crippen molar-refractivity contribution in [2.45, 2.75) is 11.8 Å². The molecule has 3 nitrogen and oxygen atoms in total. The number of carbonyl (C=O) groups is 2. The standard InChI is InChI=1S/C16H11F4NO2S/c1-8(22)9-2-5-13(11(18)6-9)24-7-14(23)21-12-4-3-10(17)15(19)16(12)20/h2-6H,7H2,1H3,(H,21,23). The zero-order chi connectivity index (χ0) is 17.9. The van der Waals surface area contributed by atoms with Crippen molar-refractivity contribution < 1.29 is 27.2 Å². The highest BCUT2D eigenvalue weighted by atomic mass is 32.2. The van der Waals surface area contributed by atoms with Crippen LogP contribution < -0.4 is 5.32 Å². The van der Waals surface area contributed by atoms with Crippen LogP contribution in [-0.2, 0) is 4.79 Å². The maximum Gasteiger partial charge on any atom is 0.234 e. The Balaban J connectivity index is 2.01. The van der Waals surface area contributed by atoms with Crippen LogP contribution in [0.5, 0.6) is 0 Å². The first-order chi connectivity index (χ1) is 11.3. The van der Waals surface area contributed by atoms with Gasteiger partial charge in [0.1, 0.15) is 5.82 Å². The van der Waals surface area contributed by atoms with E-state index >= 15 is 0 Å². The Hall–Kier alpha value is -2.35. The van der Waals surface area contributed by atoms with Gasteiger partial charge >= 0.3 is 0 Å². The molecule has 0 fully saturated rings. The van der Waals surface area contributed by atoms with Crippen molar-refractivity contribution in [2.24, 2.45) is 0 Å². The lowest BCUT2D eigenvalue weighted by Crippen LogP contribution is -2.16. The van der Waals surface area contributed by atoms with Gasteiger partial charge in [-0.1, -0.05) is 6.07 Å². The van der Waals surface area contributed by atoms with E-state index in [0.29, 0.717) is 6.07 Å². The minimum absolute atomic E-state index is 0.126. The molecule has 2 rings (SSSR count). The van der Waals surface area contributed by atoms with Gasteiger partial charge < -0.3 is 5.32 Å². The first kappa shape index (κ1) is 18.0. The molecule has 0 unspecified atom stereocenters. The molecule has 24 heavy (non-hydrogen) atoms. The van der Waals surface area contributed by atoms with Crippen molar-refractivity contribution in [1.29, 1.82) is 0 Å². The van der Waals surface area contributed by atoms with Crippen LogP contribution in [0.4, 0.5) is 23.2 Å². The van der Waals surface area contributed by atoms with Crippen LogP contribution in [0.2, 0.25) is 0 Å². The van der Waals surface area contributed by atoms with Crippen LogP contribution in [0, 0.1) is 23.3 Å². The molecule has 0 saturated carbocycles. The Bertz CT molecular complexity index is 811. The fraction of sp³-hybridized carbons (Fsp3) is 0.125. The van der Waals surface area contributed by atoms with Crippen molar-refractivity contribution in [3.05, 3.63) is 59.2 Å². The Morgan fingerprint density at radius 1 is 1.00 bits per heavy atom. The van der Waals surface area contributed by atoms with E-state index < -0.39 is 34.9 Å². The average Bonchev–Trinajstić information content (AvgIpc) is 2.54. The van der Waals surface area contributed by atoms with E-state index in [1.807, 2.05) is 0 Å². The van der Waals surface area contributed by atoms with Gasteiger partial charge in [0.2, 0.25) is 5.91 Å². The van der Waals surface area contributed by atoms with Gasteiger partial charge in [-0.3, -0.25) is 9.59 Å². The molecule has 8 heteroatoms. The summed E-state index contributed by atoms with van der Waals surface area (Å²) in [5.41, 5.74) is -0.308. The predicted molar refractivity (Wildman–Crippen MR) is 82.1 cm³/mol. The predicted octanol–water partition coefficient (Wildman–Crippen LogP) is 4.18. The normalized spacial score (nSPS) is 10.5. The van der Waals surface area contributed by atoms with Gasteiger partial charge in [-0.15, -0.1) is 11.8 Å². The Labute approximate surface area is 139 Å². The number of hydrogen-bond acceptors (Lipinski definition) is 3. The number of hydrogen-bond donors (Lipinski definition) is 1. The number of thioether (sulfide) groups is 1. The van der Waals surface area contributed by atoms with Crippen LogP contribution in [0.15, 0.2) is 35.2 Å². The molecule has 0 saturated heterocycles. The molecule has 0 aliphatic carbocycles. The molecule has 0 radical (unpaired) electrons. The maximum absolute atomic E-state index is 13.8. The van der Waals surface area contributed by atoms with E-state index in [4.69, 9.17) is 0 Å². The molecule has 0 heterocycles. The highest BCUT2D eigenvalue weighted by Crippen LogP contribution is 2.24. The van der Waals surface area contributed by atoms with E-state index in [1.54, 1.807) is 0 Å². The van der Waals surface area contributed by atoms with Gasteiger partial charge in [0.05, 0.1) is 11.4 Å². The smallest absolute Gasteiger partial charge is 0.234 e. The minimum atomic E-state index is -1.69. The SMILES string of the molecule is CC(=O)c1ccc(SCC(=O)Nc2ccc(F)c(F)c2F)c(F)c1. The molecule has 0 bridgehead atoms. The summed E-state index contributed by atoms with van der Waals surface area (Å²) < 4.78 is 53.1. The lowest BCUT2D eigenvalue weighted by atomic mass is 10.1. The quantitative estimate of drug-likeness (QED) is 0.378. The van der Waals surface area contributed by atoms with Crippen molar-refractivity contribution >= 4 is 29.1 Å². The number of anilines is 1. The summed E-state index contributed by atoms with van der Waals surface area (Å²) >= 11 is 0.819. The van der Waals surface area contributed by atoms with Crippen molar-refractivity contribution in [3.63, 3.8) is 0 Å². The summed E-state index contributed by atoms with van der Waals surface area (Å²) in [4.78, 5) is 23.0. The zero-order valence-electron chi connectivity index (χ0n) is 12.3. The fourth-order valence-electron chi connectivity index (χ4n) is 1.79. The molecule has 1 amide bonds. The van der Waals surface area contributed by atoms with Crippen molar-refractivity contribution in [1.82, 2.24) is 0 Å². The van der Waals surface area contributed by atoms with Gasteiger partial charge in [0.15, 0.2) is 23.2 Å². The van der Waals surface area contributed by atoms with Crippen molar-refractivity contribution in [2.75, 3.05) is 11.1 Å². The Morgan fingerprint density at radius 2 is 1.71 bits per heavy atom. The Kier molecular flexibility index (Phi) is 5.61. The molecule has 0 aliphatic rings. The molecule has 2 aromatic rings. The van der Waals surface area contributed by atoms with Gasteiger partial charge in [0.25, 0.3) is 0 Å². The largest absolute Gasteiger partial charge is 0.323 e. The lowest BCUT2D eigenvalue weighted by molar-refractivity contribution is -0.113. The second kappa shape index (κ2) is 7.48. The number of nitrogens with one attached hydrogen (secondary N) is 1. The minimum Gasteiger partial charge on any atom is -0.323 e. The molecule has 0 aromatic heterocycles. The monoisotopic (exact) mass is 357 g/mol. The van der Waals surface area contributed by atoms with Crippen LogP contribution in [0.3, 0.4) is 0 Å². The number of halogens is 4. The summed E-state index contributed by atoms with van der Waals surface area (Å²) in [6, 6.07) is 5.39. The third kappa shape index (κ3) is 4.14. The summed E-state index contributed by atoms with van der Waals surface area (Å²) in [7, 11) is 0. The van der Waals surface area contributed by atoms with Gasteiger partial charge in [-0.2, -0.15) is 0 Å². The first-order valence-electron chi connectivity index (χ1n) is 6.66. The summed E-state index contributed by atoms with van der Waals surface area (Å²) in [5, 5.41) is 2.08. The van der Waals surface area contributed by atoms with Gasteiger partial charge in [-0.05, 0) is 31.2 Å². The Morgan fingerprint density at radius 3 is 2.33 bits per heavy atom. The summed E-state index contributed by atoms with van der Waals surface area (Å²) in [5.74, 6) is -6.53. The first-order valence-corrected chi connectivity index (χ1v) is 7.64. The van der Waals surface area contributed by atoms with E-state index in [0.717, 1.165) is 23.9 Å². The lowest BCUT2D eigenvalue weighted by Gasteiger charge is -2.08. The number of Topliss-reactive ketones (excluding diaryl/α,β-unsaturated/α-hetero) is 1. The van der Waals surface area contributed by atoms with Crippen molar-refractivity contribution in [3.8, 4) is 0 Å². The van der Waals surface area contributed by atoms with E-state index in [2.05, 4.69) is 5.32 Å². The molecule has 0 aliphatic heterocycles. The molecule has 0 spiro atoms. The average molecular weight is 357 g/mol. The van der Waals surface area contributed by atoms with Crippen LogP contribution in [0.1, 0.15) is 17.3 Å². The molecule has 126 valence electrons. The molecular weight excluding hydrogens is 346 g/mol. The number of amides is 1. The van der Waals surface area contributed by atoms with Crippen LogP contribution >= 0.6 is 11.8 Å². The van der Waals surface area contributed by atoms with Gasteiger partial charge in [0, 0.05) is 10.5 Å². The topological polar surface area (TPSA) is 46.2 Å². The van der Waals surface area contributed by atoms with E-state index in [-0.39, 0.29) is 22.0 Å². The van der Waals surface area contributed by atoms with Crippen LogP contribution in [0.25, 0.3) is 0 Å². The maximum atomic E-state index is 13.8. The summed E-state index contributed by atoms with van der Waals surface area (Å²) in [6.07, 6.45) is 0. The van der Waals surface area contributed by atoms with Gasteiger partial charge in [-0.25, -0.2) is 17.6 Å². The third-order valence-electron chi connectivity index (χ3n) is 3.01. The van der Waals surface area contributed by atoms with Crippen LogP contribution in [-0.4, -0.2) is 17.4 Å². The molecular formula is C16H11F4NO2S. The number of rotatable bonds is 5. The molecule has 2 aromatic carbocycles. The summed E-state index contributed by atoms with van der Waals surface area (Å²) in [6.45, 7) is 1.30. The van der Waals surface area contributed by atoms with E-state index in [9.17, 15) is 27.2 Å². The second-order valence-corrected chi connectivity index (χ2v) is 5.78. The zero-order valence-corrected chi connectivity index (χ0v) is 13.1. The third-order valence-corrected chi connectivity index (χ3v) is 4.06. The van der Waals surface area contributed by atoms with E-state index in [1.165, 1.54) is 19.1 Å². The fourth-order valence-corrected chi connectivity index (χ4v) is 2.51. The number of ketones is 1. The number of carbonyl (C=O) groups excluding carboxylic acids is 2. The highest BCUT2D eigenvalue weighted by molar-refractivity contribution is 8.00. The molecule has 0 atom stereocenters. The second-order valence-electron chi connectivity index (χ2n) is 4.76.